The first kappa shape index (κ1) is 14.7. The predicted octanol–water partition coefficient (Wildman–Crippen LogP) is 1.45. The quantitative estimate of drug-likeness (QED) is 0.850. The molecular weight excluding hydrogens is 254 g/mol. The molecule has 20 heavy (non-hydrogen) atoms. The van der Waals surface area contributed by atoms with Gasteiger partial charge in [0.2, 0.25) is 0 Å². The van der Waals surface area contributed by atoms with Gasteiger partial charge in [0.1, 0.15) is 5.75 Å². The van der Waals surface area contributed by atoms with Crippen molar-refractivity contribution in [1.82, 2.24) is 9.80 Å². The van der Waals surface area contributed by atoms with Gasteiger partial charge < -0.3 is 20.3 Å². The molecule has 1 aromatic rings. The van der Waals surface area contributed by atoms with E-state index in [4.69, 9.17) is 10.5 Å². The molecule has 0 aromatic heterocycles. The number of nitrogens with two attached hydrogens (primary N) is 1. The molecule has 0 unspecified atom stereocenters. The maximum atomic E-state index is 12.6. The monoisotopic (exact) mass is 277 g/mol. The van der Waals surface area contributed by atoms with Crippen molar-refractivity contribution >= 4 is 11.6 Å². The SMILES string of the molecule is CCOc1cc(N)cc(C(=O)N2CCCN(C)CC2)c1. The zero-order chi connectivity index (χ0) is 14.5. The molecule has 0 spiro atoms. The highest BCUT2D eigenvalue weighted by Crippen LogP contribution is 2.20. The number of ether oxygens (including phenoxy) is 1. The van der Waals surface area contributed by atoms with Crippen LogP contribution in [0.3, 0.4) is 0 Å². The molecule has 1 amide bonds. The summed E-state index contributed by atoms with van der Waals surface area (Å²) < 4.78 is 5.45. The van der Waals surface area contributed by atoms with E-state index in [1.54, 1.807) is 18.2 Å². The summed E-state index contributed by atoms with van der Waals surface area (Å²) in [4.78, 5) is 16.7. The van der Waals surface area contributed by atoms with Gasteiger partial charge in [-0.15, -0.1) is 0 Å². The van der Waals surface area contributed by atoms with Gasteiger partial charge in [0.15, 0.2) is 0 Å². The summed E-state index contributed by atoms with van der Waals surface area (Å²) >= 11 is 0. The van der Waals surface area contributed by atoms with Crippen LogP contribution in [0.2, 0.25) is 0 Å². The van der Waals surface area contributed by atoms with Crippen LogP contribution in [0.25, 0.3) is 0 Å². The predicted molar refractivity (Wildman–Crippen MR) is 80.0 cm³/mol. The van der Waals surface area contributed by atoms with Crippen LogP contribution < -0.4 is 10.5 Å². The lowest BCUT2D eigenvalue weighted by molar-refractivity contribution is 0.0762. The molecule has 1 heterocycles. The molecule has 110 valence electrons. The normalized spacial score (nSPS) is 16.8. The molecule has 0 saturated carbocycles. The van der Waals surface area contributed by atoms with E-state index in [2.05, 4.69) is 11.9 Å². The minimum absolute atomic E-state index is 0.0357. The number of amides is 1. The third-order valence-corrected chi connectivity index (χ3v) is 3.49. The number of likely N-dealkylation sites (N-methyl/N-ethyl adjacent to an activating group) is 1. The van der Waals surface area contributed by atoms with Crippen LogP contribution >= 0.6 is 0 Å². The first-order valence-electron chi connectivity index (χ1n) is 7.11. The Bertz CT molecular complexity index is 476. The maximum Gasteiger partial charge on any atom is 0.254 e. The summed E-state index contributed by atoms with van der Waals surface area (Å²) in [7, 11) is 2.08. The molecule has 0 radical (unpaired) electrons. The largest absolute Gasteiger partial charge is 0.494 e. The highest BCUT2D eigenvalue weighted by atomic mass is 16.5. The lowest BCUT2D eigenvalue weighted by atomic mass is 10.1. The molecule has 0 atom stereocenters. The number of hydrogen-bond acceptors (Lipinski definition) is 4. The first-order valence-corrected chi connectivity index (χ1v) is 7.11. The molecule has 0 aliphatic carbocycles. The van der Waals surface area contributed by atoms with E-state index in [0.29, 0.717) is 23.6 Å². The van der Waals surface area contributed by atoms with Gasteiger partial charge in [0.05, 0.1) is 6.61 Å². The fraction of sp³-hybridized carbons (Fsp3) is 0.533. The molecule has 1 fully saturated rings. The van der Waals surface area contributed by atoms with Crippen molar-refractivity contribution in [2.24, 2.45) is 0 Å². The van der Waals surface area contributed by atoms with Crippen LogP contribution in [0.15, 0.2) is 18.2 Å². The van der Waals surface area contributed by atoms with Crippen molar-refractivity contribution < 1.29 is 9.53 Å². The van der Waals surface area contributed by atoms with Gasteiger partial charge >= 0.3 is 0 Å². The Morgan fingerprint density at radius 1 is 1.25 bits per heavy atom. The fourth-order valence-electron chi connectivity index (χ4n) is 2.43. The molecule has 2 N–H and O–H groups in total. The number of nitrogens with zero attached hydrogens (tertiary/aromatic N) is 2. The average molecular weight is 277 g/mol. The second-order valence-electron chi connectivity index (χ2n) is 5.17. The minimum Gasteiger partial charge on any atom is -0.494 e. The number of benzene rings is 1. The summed E-state index contributed by atoms with van der Waals surface area (Å²) in [5, 5.41) is 0. The average Bonchev–Trinajstić information content (AvgIpc) is 2.62. The number of hydrogen-bond donors (Lipinski definition) is 1. The standard InChI is InChI=1S/C15H23N3O2/c1-3-20-14-10-12(9-13(16)11-14)15(19)18-6-4-5-17(2)7-8-18/h9-11H,3-8,16H2,1-2H3. The number of anilines is 1. The first-order chi connectivity index (χ1) is 9.60. The van der Waals surface area contributed by atoms with Gasteiger partial charge in [-0.05, 0) is 39.1 Å². The Hall–Kier alpha value is -1.75. The Morgan fingerprint density at radius 2 is 2.05 bits per heavy atom. The van der Waals surface area contributed by atoms with Gasteiger partial charge in [-0.3, -0.25) is 4.79 Å². The summed E-state index contributed by atoms with van der Waals surface area (Å²) in [6, 6.07) is 5.24. The minimum atomic E-state index is 0.0357. The third-order valence-electron chi connectivity index (χ3n) is 3.49. The maximum absolute atomic E-state index is 12.6. The number of carbonyl (C=O) groups is 1. The fourth-order valence-corrected chi connectivity index (χ4v) is 2.43. The van der Waals surface area contributed by atoms with Crippen molar-refractivity contribution in [1.29, 1.82) is 0 Å². The Balaban J connectivity index is 2.15. The molecule has 1 aromatic carbocycles. The summed E-state index contributed by atoms with van der Waals surface area (Å²) in [5.74, 6) is 0.691. The molecule has 1 aliphatic heterocycles. The Labute approximate surface area is 120 Å². The van der Waals surface area contributed by atoms with Crippen molar-refractivity contribution in [3.05, 3.63) is 23.8 Å². The van der Waals surface area contributed by atoms with Gasteiger partial charge in [-0.1, -0.05) is 0 Å². The van der Waals surface area contributed by atoms with E-state index in [1.165, 1.54) is 0 Å². The summed E-state index contributed by atoms with van der Waals surface area (Å²) in [6.45, 7) is 5.97. The van der Waals surface area contributed by atoms with Crippen molar-refractivity contribution in [2.45, 2.75) is 13.3 Å². The van der Waals surface area contributed by atoms with E-state index in [0.717, 1.165) is 32.6 Å². The van der Waals surface area contributed by atoms with Crippen LogP contribution in [0.5, 0.6) is 5.75 Å². The second-order valence-corrected chi connectivity index (χ2v) is 5.17. The van der Waals surface area contributed by atoms with Crippen LogP contribution in [-0.4, -0.2) is 55.5 Å². The molecule has 1 aliphatic rings. The third kappa shape index (κ3) is 3.63. The number of carbonyl (C=O) groups excluding carboxylic acids is 1. The lowest BCUT2D eigenvalue weighted by Crippen LogP contribution is -2.34. The number of nitrogen functional groups attached to an aromatic ring is 1. The summed E-state index contributed by atoms with van der Waals surface area (Å²) in [6.07, 6.45) is 1.00. The van der Waals surface area contributed by atoms with E-state index in [-0.39, 0.29) is 5.91 Å². The highest BCUT2D eigenvalue weighted by molar-refractivity contribution is 5.95. The Morgan fingerprint density at radius 3 is 2.80 bits per heavy atom. The van der Waals surface area contributed by atoms with E-state index < -0.39 is 0 Å². The molecule has 1 saturated heterocycles. The van der Waals surface area contributed by atoms with Gasteiger partial charge in [0.25, 0.3) is 5.91 Å². The molecule has 5 heteroatoms. The zero-order valence-electron chi connectivity index (χ0n) is 12.3. The van der Waals surface area contributed by atoms with Gasteiger partial charge in [0, 0.05) is 37.0 Å². The number of rotatable bonds is 3. The van der Waals surface area contributed by atoms with Gasteiger partial charge in [-0.2, -0.15) is 0 Å². The van der Waals surface area contributed by atoms with E-state index in [9.17, 15) is 4.79 Å². The highest BCUT2D eigenvalue weighted by Gasteiger charge is 2.19. The smallest absolute Gasteiger partial charge is 0.254 e. The lowest BCUT2D eigenvalue weighted by Gasteiger charge is -2.21. The topological polar surface area (TPSA) is 58.8 Å². The zero-order valence-corrected chi connectivity index (χ0v) is 12.3. The van der Waals surface area contributed by atoms with Gasteiger partial charge in [-0.25, -0.2) is 0 Å². The van der Waals surface area contributed by atoms with Crippen molar-refractivity contribution in [2.75, 3.05) is 45.6 Å². The van der Waals surface area contributed by atoms with Crippen LogP contribution in [-0.2, 0) is 0 Å². The van der Waals surface area contributed by atoms with E-state index >= 15 is 0 Å². The molecule has 2 rings (SSSR count). The Kier molecular flexibility index (Phi) is 4.84. The van der Waals surface area contributed by atoms with Crippen LogP contribution in [0, 0.1) is 0 Å². The molecule has 5 nitrogen and oxygen atoms in total. The van der Waals surface area contributed by atoms with Crippen molar-refractivity contribution in [3.63, 3.8) is 0 Å². The molecule has 0 bridgehead atoms. The summed E-state index contributed by atoms with van der Waals surface area (Å²) in [5.41, 5.74) is 7.02. The van der Waals surface area contributed by atoms with E-state index in [1.807, 2.05) is 11.8 Å². The molecular formula is C15H23N3O2. The second kappa shape index (κ2) is 6.61. The van der Waals surface area contributed by atoms with Crippen molar-refractivity contribution in [3.8, 4) is 5.75 Å². The van der Waals surface area contributed by atoms with Crippen LogP contribution in [0.1, 0.15) is 23.7 Å². The van der Waals surface area contributed by atoms with Crippen LogP contribution in [0.4, 0.5) is 5.69 Å².